The number of rotatable bonds is 25. The smallest absolute Gasteiger partial charge is 0.303 e. The van der Waals surface area contributed by atoms with Crippen molar-refractivity contribution in [2.45, 2.75) is 243 Å². The summed E-state index contributed by atoms with van der Waals surface area (Å²) in [4.78, 5) is 281. The number of aromatic hydroxyl groups is 1. The van der Waals surface area contributed by atoms with Gasteiger partial charge in [-0.05, 0) is 119 Å². The third-order valence-electron chi connectivity index (χ3n) is 25.4. The minimum atomic E-state index is -1.72. The highest BCUT2D eigenvalue weighted by atomic mass is 32.2. The van der Waals surface area contributed by atoms with E-state index in [4.69, 9.17) is 17.2 Å². The van der Waals surface area contributed by atoms with Gasteiger partial charge < -0.3 is 99.0 Å². The van der Waals surface area contributed by atoms with Crippen LogP contribution in [-0.2, 0) is 112 Å². The van der Waals surface area contributed by atoms with Gasteiger partial charge in [-0.1, -0.05) is 88.6 Å². The Bertz CT molecular complexity index is 5170. The predicted octanol–water partition coefficient (Wildman–Crippen LogP) is 2.75. The lowest BCUT2D eigenvalue weighted by atomic mass is 9.85. The van der Waals surface area contributed by atoms with Crippen molar-refractivity contribution in [2.24, 2.45) is 52.7 Å². The number of carboxylic acids is 1. The highest BCUT2D eigenvalue weighted by Crippen LogP contribution is 2.36. The van der Waals surface area contributed by atoms with E-state index in [1.54, 1.807) is 49.6 Å². The summed E-state index contributed by atoms with van der Waals surface area (Å²) in [6, 6.07) is 5.17. The summed E-state index contributed by atoms with van der Waals surface area (Å²) in [5, 5.41) is 49.5. The first-order valence-electron chi connectivity index (χ1n) is 45.5. The van der Waals surface area contributed by atoms with Crippen LogP contribution in [0.5, 0.6) is 5.75 Å². The van der Waals surface area contributed by atoms with Crippen LogP contribution < -0.4 is 49.1 Å². The maximum absolute atomic E-state index is 15.8. The van der Waals surface area contributed by atoms with Crippen LogP contribution in [0.15, 0.2) is 97.7 Å². The van der Waals surface area contributed by atoms with Crippen molar-refractivity contribution in [1.29, 1.82) is 0 Å². The number of nitrogens with zero attached hydrogens (tertiary/aromatic N) is 5. The van der Waals surface area contributed by atoms with Gasteiger partial charge in [-0.15, -0.1) is 11.8 Å². The maximum atomic E-state index is 15.8. The van der Waals surface area contributed by atoms with E-state index < -0.39 is 272 Å². The average molecular weight is 1860 g/mol. The van der Waals surface area contributed by atoms with Crippen molar-refractivity contribution >= 4 is 139 Å². The first-order valence-corrected chi connectivity index (χ1v) is 46.6. The predicted molar refractivity (Wildman–Crippen MR) is 491 cm³/mol. The van der Waals surface area contributed by atoms with Gasteiger partial charge in [0.25, 0.3) is 0 Å². The number of aromatic amines is 3. The molecule has 16 atom stereocenters. The van der Waals surface area contributed by atoms with Crippen LogP contribution in [0.25, 0.3) is 21.8 Å². The normalized spacial score (nSPS) is 25.7. The van der Waals surface area contributed by atoms with E-state index in [0.29, 0.717) is 57.0 Å². The molecule has 0 bridgehead atoms. The van der Waals surface area contributed by atoms with Crippen LogP contribution in [0.3, 0.4) is 0 Å². The van der Waals surface area contributed by atoms with E-state index in [0.717, 1.165) is 21.6 Å². The fourth-order valence-electron chi connectivity index (χ4n) is 17.9. The van der Waals surface area contributed by atoms with Crippen LogP contribution >= 0.6 is 11.8 Å². The van der Waals surface area contributed by atoms with Gasteiger partial charge in [-0.25, -0.2) is 4.98 Å². The zero-order valence-electron chi connectivity index (χ0n) is 76.5. The number of nitrogens with one attached hydrogen (secondary N) is 9. The highest BCUT2D eigenvalue weighted by molar-refractivity contribution is 8.00. The Morgan fingerprint density at radius 2 is 1.20 bits per heavy atom. The van der Waals surface area contributed by atoms with Crippen molar-refractivity contribution in [3.05, 3.63) is 120 Å². The summed E-state index contributed by atoms with van der Waals surface area (Å²) in [5.74, 6) is -22.9. The minimum Gasteiger partial charge on any atom is -0.508 e. The van der Waals surface area contributed by atoms with E-state index >= 15 is 33.6 Å². The standard InChI is InChI=1S/C94H127N17O21S/c1-9-11-23-75-94(132)110(10-2)52(5)78(115)39-56(34-51(3)4)87(125)107-74(77(114)29-30-81(96)118)48-133-49-83(120)102-73(35-54-24-27-61(112)28-25-54)93(131)108(7)53(6)86(124)105-71(43-82(97)119)85(123)65-19-16-20-66(65)88(126)104-70(41-60-46-98-50-101-60)80(117)38-55(26-31-84(121)122)92(130)111-47-62(113)42-76(111)90(128)106-72(37-59-45-100-68-22-15-13-18-64(59)68)89(127)103-69(32-33-95)79(116)40-57(91(129)109(75)8)36-58-44-99-67-21-14-12-17-63(58)67/h12-15,17-18,21-22,24-25,27-28,44-46,50-53,55-57,62,65-66,69-76,99-100,112-113H,9-11,16,19-20,23,26,29-43,47-49,95H2,1-8H3,(H2,96,118)(H2,97,119)(H,98,101)(H,102,120)(H,103,127)(H,104,126)(H,105,124)(H,106,128)(H,107,125)(H,121,122)/t52-,53-,55+,56+,57+,62+,65?,66+,69-,70-,71-,72-,73-,74-,75-,76-/m0/s1. The molecule has 0 radical (unpaired) electrons. The minimum absolute atomic E-state index is 0.0243. The summed E-state index contributed by atoms with van der Waals surface area (Å²) < 4.78 is 0. The second kappa shape index (κ2) is 49.3. The molecule has 1 aliphatic carbocycles. The van der Waals surface area contributed by atoms with Gasteiger partial charge in [-0.3, -0.25) is 86.3 Å². The first-order chi connectivity index (χ1) is 63.3. The number of primary amides is 2. The summed E-state index contributed by atoms with van der Waals surface area (Å²) in [7, 11) is 2.66. The number of H-pyrrole nitrogens is 3. The third-order valence-corrected chi connectivity index (χ3v) is 26.4. The van der Waals surface area contributed by atoms with Gasteiger partial charge in [0.1, 0.15) is 36.0 Å². The quantitative estimate of drug-likeness (QED) is 0.0392. The molecule has 720 valence electrons. The number of aliphatic hydroxyl groups excluding tert-OH is 1. The number of fused-ring (bicyclic) bond motifs is 4. The molecule has 3 aliphatic rings. The molecule has 3 aromatic carbocycles. The number of thioether (sulfide) groups is 1. The number of likely N-dealkylation sites (N-methyl/N-ethyl adjacent to an activating group) is 3. The first kappa shape index (κ1) is 104. The van der Waals surface area contributed by atoms with Gasteiger partial charge in [0, 0.05) is 173 Å². The number of Topliss-reactive ketones (excluding diaryl/α,β-unsaturated/α-hetero) is 5. The van der Waals surface area contributed by atoms with Crippen molar-refractivity contribution < 1.29 is 102 Å². The lowest BCUT2D eigenvalue weighted by Crippen LogP contribution is -2.57. The molecule has 3 fully saturated rings. The number of carboxylic acid groups (broad SMARTS) is 1. The van der Waals surface area contributed by atoms with E-state index in [1.165, 1.54) is 74.5 Å². The zero-order valence-corrected chi connectivity index (χ0v) is 77.3. The Balaban J connectivity index is 1.09. The molecule has 133 heavy (non-hydrogen) atoms. The molecular formula is C94H127N17O21S. The molecule has 9 rings (SSSR count). The topological polar surface area (TPSA) is 591 Å². The molecule has 6 aromatic rings. The Labute approximate surface area is 775 Å². The number of amides is 12. The number of phenolic OH excluding ortho intramolecular Hbond substituents is 1. The number of hydrogen-bond donors (Lipinski definition) is 15. The SMILES string of the molecule is CCCC[C@H]1C(=O)N(CC)[C@@H](C)C(=O)C[C@@H](CC(C)C)C(=O)N[C@H](C(=O)CCC(N)=O)CSCC(=O)N[C@@H](Cc2ccc(O)cc2)C(=O)N(C)[C@@H](C)C(=O)N[C@@H](CC(N)=O)C(=O)C2CCC[C@H]2C(=O)N[C@@H](Cc2cnc[nH]2)C(=O)C[C@@H](CCC(=O)O)C(=O)N2C[C@H](O)C[C@H]2C(=O)N[C@@H](Cc2c[nH]c3ccccc23)C(=O)N[C@@H](CCN)C(=O)C[C@@H](Cc2c[nH]c3ccccc23)C(=O)N1C. The van der Waals surface area contributed by atoms with Gasteiger partial charge in [0.05, 0.1) is 54.8 Å². The summed E-state index contributed by atoms with van der Waals surface area (Å²) in [5.41, 5.74) is 20.7. The molecule has 12 amide bonds. The Kier molecular flexibility index (Phi) is 38.6. The number of aliphatic carboxylic acids is 1. The van der Waals surface area contributed by atoms with Crippen LogP contribution in [0.4, 0.5) is 0 Å². The number of carbonyl (C=O) groups excluding carboxylic acids is 17. The Hall–Kier alpha value is -12.5. The number of para-hydroxylation sites is 2. The van der Waals surface area contributed by atoms with E-state index in [1.807, 2.05) is 39.0 Å². The van der Waals surface area contributed by atoms with Gasteiger partial charge in [-0.2, -0.15) is 0 Å². The second-order valence-corrected chi connectivity index (χ2v) is 36.6. The van der Waals surface area contributed by atoms with Crippen molar-refractivity contribution in [2.75, 3.05) is 45.2 Å². The molecule has 0 spiro atoms. The monoisotopic (exact) mass is 1860 g/mol. The van der Waals surface area contributed by atoms with E-state index in [9.17, 15) is 68.1 Å². The number of nitrogens with two attached hydrogens (primary N) is 3. The fourth-order valence-corrected chi connectivity index (χ4v) is 18.8. The lowest BCUT2D eigenvalue weighted by molar-refractivity contribution is -0.150. The van der Waals surface area contributed by atoms with Gasteiger partial charge >= 0.3 is 5.97 Å². The van der Waals surface area contributed by atoms with Crippen LogP contribution in [-0.4, -0.2) is 272 Å². The number of imidazole rings is 1. The molecule has 39 heteroatoms. The molecule has 3 aromatic heterocycles. The highest BCUT2D eigenvalue weighted by Gasteiger charge is 2.47. The number of phenols is 1. The zero-order chi connectivity index (χ0) is 97.2. The molecular weight excluding hydrogens is 1740 g/mol. The molecule has 18 N–H and O–H groups in total. The number of aromatic nitrogens is 4. The third kappa shape index (κ3) is 28.8. The number of ketones is 5. The molecule has 1 unspecified atom stereocenters. The molecule has 38 nitrogen and oxygen atoms in total. The van der Waals surface area contributed by atoms with Crippen molar-refractivity contribution in [1.82, 2.24) is 71.4 Å². The van der Waals surface area contributed by atoms with E-state index in [2.05, 4.69) is 51.8 Å². The number of aliphatic hydroxyl groups is 1. The molecule has 2 saturated heterocycles. The molecule has 2 aliphatic heterocycles. The summed E-state index contributed by atoms with van der Waals surface area (Å²) in [6.45, 7) is 9.13. The van der Waals surface area contributed by atoms with Gasteiger partial charge in [0.2, 0.25) is 70.9 Å². The second-order valence-electron chi connectivity index (χ2n) is 35.5. The summed E-state index contributed by atoms with van der Waals surface area (Å²) >= 11 is 0.852. The maximum Gasteiger partial charge on any atom is 0.303 e. The van der Waals surface area contributed by atoms with Crippen molar-refractivity contribution in [3.63, 3.8) is 0 Å². The van der Waals surface area contributed by atoms with Crippen LogP contribution in [0, 0.1) is 35.5 Å². The average Bonchev–Trinajstić information content (AvgIpc) is 1.73. The number of unbranched alkanes of at least 4 members (excludes halogenated alkanes) is 1. The number of carbonyl (C=O) groups is 18. The lowest BCUT2D eigenvalue weighted by Gasteiger charge is -2.36. The fraction of sp³-hybridized carbons (Fsp3) is 0.543. The Morgan fingerprint density at radius 1 is 0.579 bits per heavy atom. The summed E-state index contributed by atoms with van der Waals surface area (Å²) in [6.07, 6.45) is -0.263. The number of benzene rings is 3. The largest absolute Gasteiger partial charge is 0.508 e. The molecule has 5 heterocycles. The van der Waals surface area contributed by atoms with Crippen LogP contribution in [0.1, 0.15) is 173 Å². The number of hydrogen-bond acceptors (Lipinski definition) is 23. The Morgan fingerprint density at radius 3 is 1.81 bits per heavy atom. The molecule has 1 saturated carbocycles. The van der Waals surface area contributed by atoms with Crippen LogP contribution in [0.2, 0.25) is 0 Å². The van der Waals surface area contributed by atoms with E-state index in [-0.39, 0.29) is 94.7 Å². The van der Waals surface area contributed by atoms with Gasteiger partial charge in [0.15, 0.2) is 28.9 Å². The van der Waals surface area contributed by atoms with Crippen molar-refractivity contribution in [3.8, 4) is 5.75 Å².